The SMILES string of the molecule is [2H]C([2H])([2H])c1cccc(C([2H])([2H])[2H])c1-c1cc[n+](C)c(-c2c(C)cc3ncc(C(F)(F)F)nc3c2C(C)(C)C)c1. The lowest BCUT2D eigenvalue weighted by molar-refractivity contribution is -0.660. The number of aryl methyl sites for hydroxylation is 4. The molecule has 0 atom stereocenters. The van der Waals surface area contributed by atoms with Gasteiger partial charge < -0.3 is 0 Å². The number of hydrogen-bond acceptors (Lipinski definition) is 2. The first-order valence-corrected chi connectivity index (χ1v) is 10.7. The average molecular weight is 471 g/mol. The lowest BCUT2D eigenvalue weighted by Gasteiger charge is -2.25. The second-order valence-electron chi connectivity index (χ2n) is 9.45. The van der Waals surface area contributed by atoms with E-state index >= 15 is 0 Å². The molecular formula is C28H29F3N3+. The van der Waals surface area contributed by atoms with Crippen molar-refractivity contribution in [1.82, 2.24) is 9.97 Å². The molecule has 0 aliphatic rings. The van der Waals surface area contributed by atoms with Gasteiger partial charge in [-0.25, -0.2) is 9.55 Å². The van der Waals surface area contributed by atoms with Crippen molar-refractivity contribution < 1.29 is 26.0 Å². The predicted octanol–water partition coefficient (Wildman–Crippen LogP) is 7.03. The quantitative estimate of drug-likeness (QED) is 0.294. The molecule has 34 heavy (non-hydrogen) atoms. The third kappa shape index (κ3) is 4.17. The summed E-state index contributed by atoms with van der Waals surface area (Å²) in [5.74, 6) is 0. The maximum atomic E-state index is 13.6. The number of aromatic nitrogens is 3. The minimum atomic E-state index is -4.68. The molecule has 2 heterocycles. The fourth-order valence-corrected chi connectivity index (χ4v) is 4.31. The van der Waals surface area contributed by atoms with Gasteiger partial charge in [0.25, 0.3) is 0 Å². The minimum Gasteiger partial charge on any atom is -0.252 e. The van der Waals surface area contributed by atoms with Crippen molar-refractivity contribution in [3.63, 3.8) is 0 Å². The zero-order valence-corrected chi connectivity index (χ0v) is 19.6. The van der Waals surface area contributed by atoms with Crippen LogP contribution in [0.4, 0.5) is 13.2 Å². The van der Waals surface area contributed by atoms with Crippen LogP contribution in [-0.4, -0.2) is 9.97 Å². The molecule has 0 radical (unpaired) electrons. The Morgan fingerprint density at radius 2 is 1.62 bits per heavy atom. The van der Waals surface area contributed by atoms with Gasteiger partial charge >= 0.3 is 6.18 Å². The minimum absolute atomic E-state index is 0.0826. The molecule has 0 bridgehead atoms. The highest BCUT2D eigenvalue weighted by Crippen LogP contribution is 2.41. The molecule has 4 rings (SSSR count). The molecule has 0 aliphatic carbocycles. The Bertz CT molecular complexity index is 1590. The van der Waals surface area contributed by atoms with Crippen molar-refractivity contribution in [2.24, 2.45) is 7.05 Å². The summed E-state index contributed by atoms with van der Waals surface area (Å²) >= 11 is 0. The number of benzene rings is 2. The van der Waals surface area contributed by atoms with E-state index in [1.54, 1.807) is 36.0 Å². The number of fused-ring (bicyclic) bond motifs is 1. The zero-order valence-electron chi connectivity index (χ0n) is 25.6. The van der Waals surface area contributed by atoms with E-state index in [0.29, 0.717) is 27.9 Å². The van der Waals surface area contributed by atoms with Crippen molar-refractivity contribution in [2.75, 3.05) is 0 Å². The summed E-state index contributed by atoms with van der Waals surface area (Å²) in [6.07, 6.45) is -2.29. The highest BCUT2D eigenvalue weighted by atomic mass is 19.4. The van der Waals surface area contributed by atoms with Crippen LogP contribution in [0, 0.1) is 20.6 Å². The summed E-state index contributed by atoms with van der Waals surface area (Å²) in [4.78, 5) is 8.07. The van der Waals surface area contributed by atoms with Crippen molar-refractivity contribution in [3.8, 4) is 22.4 Å². The van der Waals surface area contributed by atoms with Crippen LogP contribution in [0.15, 0.2) is 48.8 Å². The standard InChI is InChI=1S/C28H29F3N3/c1-16-9-8-10-17(2)23(16)19-11-12-34(7)21(14-19)24-18(3)13-20-26(25(24)27(4,5)6)33-22(15-32-20)28(29,30)31/h8-15H,1-7H3/q+1/i1D3,2D3. The van der Waals surface area contributed by atoms with Crippen LogP contribution in [0.5, 0.6) is 0 Å². The Morgan fingerprint density at radius 1 is 0.941 bits per heavy atom. The third-order valence-corrected chi connectivity index (χ3v) is 5.83. The molecule has 0 fully saturated rings. The molecular weight excluding hydrogens is 435 g/mol. The van der Waals surface area contributed by atoms with Crippen molar-refractivity contribution in [2.45, 2.75) is 53.0 Å². The number of halogens is 3. The highest BCUT2D eigenvalue weighted by molar-refractivity contribution is 5.89. The van der Waals surface area contributed by atoms with Gasteiger partial charge in [-0.15, -0.1) is 0 Å². The van der Waals surface area contributed by atoms with Gasteiger partial charge in [0.1, 0.15) is 7.05 Å². The number of nitrogens with zero attached hydrogens (tertiary/aromatic N) is 3. The van der Waals surface area contributed by atoms with E-state index in [-0.39, 0.29) is 22.2 Å². The topological polar surface area (TPSA) is 29.7 Å². The molecule has 0 unspecified atom stereocenters. The summed E-state index contributed by atoms with van der Waals surface area (Å²) in [5.41, 5.74) is 1.30. The van der Waals surface area contributed by atoms with Gasteiger partial charge in [0.2, 0.25) is 5.69 Å². The average Bonchev–Trinajstić information content (AvgIpc) is 2.80. The Labute approximate surface area is 206 Å². The zero-order chi connectivity index (χ0) is 30.0. The van der Waals surface area contributed by atoms with Crippen LogP contribution in [-0.2, 0) is 18.6 Å². The Balaban J connectivity index is 2.13. The smallest absolute Gasteiger partial charge is 0.252 e. The van der Waals surface area contributed by atoms with E-state index in [0.717, 1.165) is 11.8 Å². The van der Waals surface area contributed by atoms with Gasteiger partial charge in [-0.2, -0.15) is 13.2 Å². The summed E-state index contributed by atoms with van der Waals surface area (Å²) in [5, 5.41) is 0. The van der Waals surface area contributed by atoms with Crippen molar-refractivity contribution >= 4 is 11.0 Å². The van der Waals surface area contributed by atoms with Crippen molar-refractivity contribution in [3.05, 3.63) is 76.7 Å². The van der Waals surface area contributed by atoms with E-state index in [4.69, 9.17) is 8.22 Å². The molecule has 0 N–H and O–H groups in total. The molecule has 4 aromatic rings. The van der Waals surface area contributed by atoms with Crippen LogP contribution in [0.2, 0.25) is 0 Å². The Morgan fingerprint density at radius 3 is 2.21 bits per heavy atom. The first kappa shape index (κ1) is 17.2. The Hall–Kier alpha value is -3.28. The molecule has 0 spiro atoms. The number of rotatable bonds is 2. The lowest BCUT2D eigenvalue weighted by Crippen LogP contribution is -2.32. The van der Waals surface area contributed by atoms with Crippen LogP contribution in [0.3, 0.4) is 0 Å². The normalized spacial score (nSPS) is 15.8. The fraction of sp³-hybridized carbons (Fsp3) is 0.321. The Kier molecular flexibility index (Phi) is 4.14. The molecule has 2 aromatic heterocycles. The molecule has 0 amide bonds. The molecule has 2 aromatic carbocycles. The van der Waals surface area contributed by atoms with Crippen LogP contribution in [0.1, 0.15) is 56.9 Å². The lowest BCUT2D eigenvalue weighted by atomic mass is 9.79. The molecule has 6 heteroatoms. The number of alkyl halides is 3. The summed E-state index contributed by atoms with van der Waals surface area (Å²) in [7, 11) is 1.76. The van der Waals surface area contributed by atoms with Gasteiger partial charge in [0.05, 0.1) is 22.8 Å². The van der Waals surface area contributed by atoms with Gasteiger partial charge in [0, 0.05) is 20.4 Å². The largest absolute Gasteiger partial charge is 0.434 e. The molecule has 0 saturated heterocycles. The van der Waals surface area contributed by atoms with E-state index in [1.807, 2.05) is 27.7 Å². The first-order valence-electron chi connectivity index (χ1n) is 13.7. The van der Waals surface area contributed by atoms with Gasteiger partial charge in [-0.1, -0.05) is 39.0 Å². The van der Waals surface area contributed by atoms with Crippen LogP contribution < -0.4 is 4.57 Å². The predicted molar refractivity (Wildman–Crippen MR) is 129 cm³/mol. The third-order valence-electron chi connectivity index (χ3n) is 5.83. The van der Waals surface area contributed by atoms with Gasteiger partial charge in [-0.05, 0) is 65.5 Å². The van der Waals surface area contributed by atoms with Gasteiger partial charge in [0.15, 0.2) is 11.9 Å². The summed E-state index contributed by atoms with van der Waals surface area (Å²) in [6.45, 7) is 2.25. The fourth-order valence-electron chi connectivity index (χ4n) is 4.31. The van der Waals surface area contributed by atoms with E-state index in [1.165, 1.54) is 18.2 Å². The highest BCUT2D eigenvalue weighted by Gasteiger charge is 2.35. The monoisotopic (exact) mass is 470 g/mol. The number of pyridine rings is 1. The van der Waals surface area contributed by atoms with Crippen LogP contribution >= 0.6 is 0 Å². The summed E-state index contributed by atoms with van der Waals surface area (Å²) < 4.78 is 91.1. The van der Waals surface area contributed by atoms with Gasteiger partial charge in [-0.3, -0.25) is 4.98 Å². The van der Waals surface area contributed by atoms with E-state index in [9.17, 15) is 13.2 Å². The van der Waals surface area contributed by atoms with Crippen molar-refractivity contribution in [1.29, 1.82) is 0 Å². The van der Waals surface area contributed by atoms with E-state index < -0.39 is 31.0 Å². The number of hydrogen-bond donors (Lipinski definition) is 0. The molecule has 3 nitrogen and oxygen atoms in total. The van der Waals surface area contributed by atoms with E-state index in [2.05, 4.69) is 9.97 Å². The molecule has 0 saturated carbocycles. The van der Waals surface area contributed by atoms with Crippen LogP contribution in [0.25, 0.3) is 33.4 Å². The second-order valence-corrected chi connectivity index (χ2v) is 9.45. The second kappa shape index (κ2) is 8.19. The summed E-state index contributed by atoms with van der Waals surface area (Å²) in [6, 6.07) is 9.19. The maximum Gasteiger partial charge on any atom is 0.434 e. The molecule has 0 aliphatic heterocycles. The first-order chi connectivity index (χ1) is 18.2. The molecule has 176 valence electrons. The maximum absolute atomic E-state index is 13.6.